The topological polar surface area (TPSA) is 45.5 Å². The molecule has 4 nitrogen and oxygen atoms in total. The minimum atomic E-state index is -0.131. The maximum Gasteiger partial charge on any atom is 0.286 e. The van der Waals surface area contributed by atoms with Gasteiger partial charge in [-0.1, -0.05) is 12.1 Å². The van der Waals surface area contributed by atoms with Gasteiger partial charge in [-0.2, -0.15) is 0 Å². The van der Waals surface area contributed by atoms with E-state index < -0.39 is 0 Å². The van der Waals surface area contributed by atoms with Crippen molar-refractivity contribution in [2.45, 2.75) is 13.3 Å². The lowest BCUT2D eigenvalue weighted by atomic mass is 10.1. The Balaban J connectivity index is 1.52. The lowest BCUT2D eigenvalue weighted by Crippen LogP contribution is -2.30. The molecule has 0 saturated carbocycles. The van der Waals surface area contributed by atoms with Crippen molar-refractivity contribution in [1.29, 1.82) is 0 Å². The van der Waals surface area contributed by atoms with E-state index in [1.165, 1.54) is 17.5 Å². The number of rotatable bonds is 4. The van der Waals surface area contributed by atoms with Crippen molar-refractivity contribution in [3.63, 3.8) is 0 Å². The summed E-state index contributed by atoms with van der Waals surface area (Å²) in [4.78, 5) is 14.2. The molecule has 0 spiro atoms. The van der Waals surface area contributed by atoms with E-state index in [9.17, 15) is 4.79 Å². The monoisotopic (exact) mass is 284 g/mol. The molecule has 1 amide bonds. The Morgan fingerprint density at radius 1 is 1.38 bits per heavy atom. The Morgan fingerprint density at radius 3 is 3.05 bits per heavy atom. The number of hydrogen-bond donors (Lipinski definition) is 1. The van der Waals surface area contributed by atoms with Crippen molar-refractivity contribution in [3.8, 4) is 0 Å². The van der Waals surface area contributed by atoms with Crippen LogP contribution in [0.3, 0.4) is 0 Å². The van der Waals surface area contributed by atoms with Crippen LogP contribution in [0.15, 0.2) is 47.1 Å². The largest absolute Gasteiger partial charge is 0.459 e. The number of benzene rings is 1. The molecule has 1 N–H and O–H groups in total. The summed E-state index contributed by atoms with van der Waals surface area (Å²) in [5.41, 5.74) is 2.55. The van der Waals surface area contributed by atoms with Gasteiger partial charge in [0.1, 0.15) is 0 Å². The van der Waals surface area contributed by atoms with Crippen LogP contribution in [0.1, 0.15) is 22.5 Å². The second kappa shape index (κ2) is 6.04. The zero-order chi connectivity index (χ0) is 14.7. The molecule has 0 bridgehead atoms. The SMILES string of the molecule is Cc1cccc(N2CCC(CNC(=O)c3ccco3)C2)c1. The van der Waals surface area contributed by atoms with Crippen LogP contribution >= 0.6 is 0 Å². The second-order valence-corrected chi connectivity index (χ2v) is 5.63. The van der Waals surface area contributed by atoms with Gasteiger partial charge in [0.15, 0.2) is 5.76 Å². The van der Waals surface area contributed by atoms with Gasteiger partial charge in [0, 0.05) is 25.3 Å². The molecule has 110 valence electrons. The minimum Gasteiger partial charge on any atom is -0.459 e. The molecular formula is C17H20N2O2. The van der Waals surface area contributed by atoms with E-state index in [4.69, 9.17) is 4.42 Å². The van der Waals surface area contributed by atoms with Gasteiger partial charge >= 0.3 is 0 Å². The van der Waals surface area contributed by atoms with Crippen molar-refractivity contribution in [2.24, 2.45) is 5.92 Å². The van der Waals surface area contributed by atoms with E-state index in [-0.39, 0.29) is 5.91 Å². The van der Waals surface area contributed by atoms with E-state index in [1.54, 1.807) is 12.1 Å². The summed E-state index contributed by atoms with van der Waals surface area (Å²) in [6, 6.07) is 12.0. The van der Waals surface area contributed by atoms with E-state index in [0.29, 0.717) is 18.2 Å². The molecular weight excluding hydrogens is 264 g/mol. The number of aryl methyl sites for hydroxylation is 1. The smallest absolute Gasteiger partial charge is 0.286 e. The first kappa shape index (κ1) is 13.7. The summed E-state index contributed by atoms with van der Waals surface area (Å²) in [6.07, 6.45) is 2.62. The van der Waals surface area contributed by atoms with Gasteiger partial charge in [-0.05, 0) is 49.1 Å². The summed E-state index contributed by atoms with van der Waals surface area (Å²) < 4.78 is 5.09. The van der Waals surface area contributed by atoms with Crippen LogP contribution in [-0.2, 0) is 0 Å². The third-order valence-corrected chi connectivity index (χ3v) is 3.95. The zero-order valence-electron chi connectivity index (χ0n) is 12.2. The van der Waals surface area contributed by atoms with Gasteiger partial charge in [0.2, 0.25) is 0 Å². The molecule has 1 unspecified atom stereocenters. The first-order valence-electron chi connectivity index (χ1n) is 7.36. The summed E-state index contributed by atoms with van der Waals surface area (Å²) in [6.45, 7) is 4.84. The molecule has 1 aromatic carbocycles. The van der Waals surface area contributed by atoms with Gasteiger partial charge in [0.05, 0.1) is 6.26 Å². The Hall–Kier alpha value is -2.23. The average Bonchev–Trinajstić information content (AvgIpc) is 3.16. The van der Waals surface area contributed by atoms with Crippen LogP contribution < -0.4 is 10.2 Å². The molecule has 0 radical (unpaired) electrons. The predicted octanol–water partition coefficient (Wildman–Crippen LogP) is 2.84. The molecule has 21 heavy (non-hydrogen) atoms. The fourth-order valence-corrected chi connectivity index (χ4v) is 2.79. The second-order valence-electron chi connectivity index (χ2n) is 5.63. The number of amides is 1. The molecule has 1 aromatic heterocycles. The molecule has 2 heterocycles. The highest BCUT2D eigenvalue weighted by molar-refractivity contribution is 5.91. The summed E-state index contributed by atoms with van der Waals surface area (Å²) in [7, 11) is 0. The third-order valence-electron chi connectivity index (χ3n) is 3.95. The number of anilines is 1. The summed E-state index contributed by atoms with van der Waals surface area (Å²) in [5.74, 6) is 0.738. The molecule has 1 fully saturated rings. The van der Waals surface area contributed by atoms with Crippen LogP contribution in [0.4, 0.5) is 5.69 Å². The van der Waals surface area contributed by atoms with Crippen LogP contribution in [0.5, 0.6) is 0 Å². The Bertz CT molecular complexity index is 607. The molecule has 0 aliphatic carbocycles. The van der Waals surface area contributed by atoms with Crippen LogP contribution in [0.25, 0.3) is 0 Å². The average molecular weight is 284 g/mol. The van der Waals surface area contributed by atoms with Gasteiger partial charge in [-0.25, -0.2) is 0 Å². The van der Waals surface area contributed by atoms with Crippen molar-refractivity contribution < 1.29 is 9.21 Å². The fraction of sp³-hybridized carbons (Fsp3) is 0.353. The molecule has 4 heteroatoms. The molecule has 2 aromatic rings. The normalized spacial score (nSPS) is 18.0. The van der Waals surface area contributed by atoms with Crippen molar-refractivity contribution >= 4 is 11.6 Å². The van der Waals surface area contributed by atoms with E-state index >= 15 is 0 Å². The molecule has 1 aliphatic heterocycles. The lowest BCUT2D eigenvalue weighted by molar-refractivity contribution is 0.0920. The number of hydrogen-bond acceptors (Lipinski definition) is 3. The summed E-state index contributed by atoms with van der Waals surface area (Å²) >= 11 is 0. The van der Waals surface area contributed by atoms with Crippen LogP contribution in [0.2, 0.25) is 0 Å². The van der Waals surface area contributed by atoms with Gasteiger partial charge in [0.25, 0.3) is 5.91 Å². The zero-order valence-corrected chi connectivity index (χ0v) is 12.2. The van der Waals surface area contributed by atoms with E-state index in [2.05, 4.69) is 41.4 Å². The number of nitrogens with one attached hydrogen (secondary N) is 1. The number of carbonyl (C=O) groups excluding carboxylic acids is 1. The lowest BCUT2D eigenvalue weighted by Gasteiger charge is -2.19. The fourth-order valence-electron chi connectivity index (χ4n) is 2.79. The highest BCUT2D eigenvalue weighted by atomic mass is 16.3. The first-order valence-corrected chi connectivity index (χ1v) is 7.36. The van der Waals surface area contributed by atoms with Crippen molar-refractivity contribution in [3.05, 3.63) is 54.0 Å². The van der Waals surface area contributed by atoms with Crippen molar-refractivity contribution in [2.75, 3.05) is 24.5 Å². The molecule has 3 rings (SSSR count). The van der Waals surface area contributed by atoms with Crippen LogP contribution in [0, 0.1) is 12.8 Å². The van der Waals surface area contributed by atoms with Gasteiger partial charge in [-0.15, -0.1) is 0 Å². The Morgan fingerprint density at radius 2 is 2.29 bits per heavy atom. The highest BCUT2D eigenvalue weighted by Crippen LogP contribution is 2.24. The minimum absolute atomic E-state index is 0.131. The Labute approximate surface area is 124 Å². The van der Waals surface area contributed by atoms with Gasteiger partial charge < -0.3 is 14.6 Å². The molecule has 1 saturated heterocycles. The number of nitrogens with zero attached hydrogens (tertiary/aromatic N) is 1. The van der Waals surface area contributed by atoms with Gasteiger partial charge in [-0.3, -0.25) is 4.79 Å². The summed E-state index contributed by atoms with van der Waals surface area (Å²) in [5, 5.41) is 2.95. The van der Waals surface area contributed by atoms with Crippen molar-refractivity contribution in [1.82, 2.24) is 5.32 Å². The van der Waals surface area contributed by atoms with E-state index in [0.717, 1.165) is 19.5 Å². The van der Waals surface area contributed by atoms with Crippen LogP contribution in [-0.4, -0.2) is 25.5 Å². The third kappa shape index (κ3) is 3.27. The molecule has 1 atom stereocenters. The number of furan rings is 1. The van der Waals surface area contributed by atoms with E-state index in [1.807, 2.05) is 0 Å². The first-order chi connectivity index (χ1) is 10.2. The predicted molar refractivity (Wildman–Crippen MR) is 82.5 cm³/mol. The number of carbonyl (C=O) groups is 1. The highest BCUT2D eigenvalue weighted by Gasteiger charge is 2.23. The Kier molecular flexibility index (Phi) is 3.95. The maximum absolute atomic E-state index is 11.8. The standard InChI is InChI=1S/C17H20N2O2/c1-13-4-2-5-15(10-13)19-8-7-14(12-19)11-18-17(20)16-6-3-9-21-16/h2-6,9-10,14H,7-8,11-12H2,1H3,(H,18,20). The quantitative estimate of drug-likeness (QED) is 0.939. The maximum atomic E-state index is 11.8. The molecule has 1 aliphatic rings.